The smallest absolute Gasteiger partial charge is 0.246 e. The molecule has 0 N–H and O–H groups in total. The number of thiophene rings is 1. The summed E-state index contributed by atoms with van der Waals surface area (Å²) in [5.41, 5.74) is 0.263. The van der Waals surface area contributed by atoms with E-state index in [2.05, 4.69) is 16.0 Å². The first-order valence-electron chi connectivity index (χ1n) is 6.25. The number of methoxy groups -OCH3 is 2. The van der Waals surface area contributed by atoms with E-state index in [9.17, 15) is 4.79 Å². The standard InChI is InChI=1S/C14H16N2O3S/c1-18-12-9-15-13(14(16-12)19-2)11(17)7-3-5-10-6-4-8-20-10/h4,6,8-9H,3,5,7H2,1-2H3. The van der Waals surface area contributed by atoms with Crippen molar-refractivity contribution in [3.05, 3.63) is 34.3 Å². The third kappa shape index (κ3) is 3.54. The first-order valence-corrected chi connectivity index (χ1v) is 7.13. The molecule has 106 valence electrons. The van der Waals surface area contributed by atoms with Crippen molar-refractivity contribution in [3.63, 3.8) is 0 Å². The summed E-state index contributed by atoms with van der Waals surface area (Å²) >= 11 is 1.70. The van der Waals surface area contributed by atoms with Gasteiger partial charge in [0.25, 0.3) is 0 Å². The molecule has 0 saturated carbocycles. The van der Waals surface area contributed by atoms with Crippen LogP contribution >= 0.6 is 11.3 Å². The van der Waals surface area contributed by atoms with Gasteiger partial charge in [0.05, 0.1) is 20.4 Å². The van der Waals surface area contributed by atoms with Crippen molar-refractivity contribution in [2.75, 3.05) is 14.2 Å². The molecule has 5 nitrogen and oxygen atoms in total. The minimum atomic E-state index is -0.0615. The van der Waals surface area contributed by atoms with E-state index in [1.807, 2.05) is 11.4 Å². The Kier molecular flexibility index (Phi) is 5.06. The summed E-state index contributed by atoms with van der Waals surface area (Å²) in [4.78, 5) is 21.6. The largest absolute Gasteiger partial charge is 0.480 e. The molecule has 2 heterocycles. The molecule has 2 aromatic rings. The number of aromatic nitrogens is 2. The van der Waals surface area contributed by atoms with E-state index in [0.717, 1.165) is 12.8 Å². The van der Waals surface area contributed by atoms with E-state index < -0.39 is 0 Å². The summed E-state index contributed by atoms with van der Waals surface area (Å²) in [6, 6.07) is 4.09. The first kappa shape index (κ1) is 14.5. The van der Waals surface area contributed by atoms with Gasteiger partial charge in [-0.05, 0) is 24.3 Å². The first-order chi connectivity index (χ1) is 9.74. The number of aryl methyl sites for hydroxylation is 1. The second kappa shape index (κ2) is 7.00. The van der Waals surface area contributed by atoms with Crippen LogP contribution in [0.5, 0.6) is 11.8 Å². The van der Waals surface area contributed by atoms with Crippen LogP contribution in [0.2, 0.25) is 0 Å². The molecule has 0 spiro atoms. The fraction of sp³-hybridized carbons (Fsp3) is 0.357. The maximum absolute atomic E-state index is 12.1. The summed E-state index contributed by atoms with van der Waals surface area (Å²) in [5, 5.41) is 2.04. The van der Waals surface area contributed by atoms with Crippen LogP contribution in [0.25, 0.3) is 0 Å². The quantitative estimate of drug-likeness (QED) is 0.734. The number of carbonyl (C=O) groups excluding carboxylic acids is 1. The number of hydrogen-bond acceptors (Lipinski definition) is 6. The van der Waals surface area contributed by atoms with Crippen molar-refractivity contribution >= 4 is 17.1 Å². The zero-order valence-electron chi connectivity index (χ0n) is 11.5. The number of rotatable bonds is 7. The highest BCUT2D eigenvalue weighted by molar-refractivity contribution is 7.09. The van der Waals surface area contributed by atoms with Crippen LogP contribution in [0, 0.1) is 0 Å². The molecule has 0 fully saturated rings. The van der Waals surface area contributed by atoms with Crippen LogP contribution in [-0.4, -0.2) is 30.0 Å². The zero-order valence-corrected chi connectivity index (χ0v) is 12.3. The monoisotopic (exact) mass is 292 g/mol. The van der Waals surface area contributed by atoms with Gasteiger partial charge in [-0.2, -0.15) is 4.98 Å². The lowest BCUT2D eigenvalue weighted by Crippen LogP contribution is -2.07. The third-order valence-corrected chi connectivity index (χ3v) is 3.73. The average molecular weight is 292 g/mol. The van der Waals surface area contributed by atoms with Crippen molar-refractivity contribution in [2.45, 2.75) is 19.3 Å². The maximum Gasteiger partial charge on any atom is 0.246 e. The second-order valence-electron chi connectivity index (χ2n) is 4.13. The molecule has 2 aromatic heterocycles. The van der Waals surface area contributed by atoms with Gasteiger partial charge >= 0.3 is 0 Å². The molecule has 6 heteroatoms. The highest BCUT2D eigenvalue weighted by Gasteiger charge is 2.16. The molecule has 0 saturated heterocycles. The van der Waals surface area contributed by atoms with Crippen LogP contribution in [-0.2, 0) is 6.42 Å². The van der Waals surface area contributed by atoms with Crippen molar-refractivity contribution in [3.8, 4) is 11.8 Å². The molecule has 0 bridgehead atoms. The summed E-state index contributed by atoms with van der Waals surface area (Å²) in [5.74, 6) is 0.482. The van der Waals surface area contributed by atoms with Crippen molar-refractivity contribution in [2.24, 2.45) is 0 Å². The number of Topliss-reactive ketones (excluding diaryl/α,β-unsaturated/α-hetero) is 1. The molecule has 0 unspecified atom stereocenters. The van der Waals surface area contributed by atoms with Crippen molar-refractivity contribution in [1.82, 2.24) is 9.97 Å². The topological polar surface area (TPSA) is 61.3 Å². The Morgan fingerprint density at radius 1 is 1.35 bits per heavy atom. The number of carbonyl (C=O) groups is 1. The summed E-state index contributed by atoms with van der Waals surface area (Å²) in [7, 11) is 2.96. The highest BCUT2D eigenvalue weighted by Crippen LogP contribution is 2.19. The average Bonchev–Trinajstić information content (AvgIpc) is 2.99. The number of ketones is 1. The van der Waals surface area contributed by atoms with Gasteiger partial charge in [-0.15, -0.1) is 11.3 Å². The Morgan fingerprint density at radius 2 is 2.20 bits per heavy atom. The number of nitrogens with zero attached hydrogens (tertiary/aromatic N) is 2. The number of hydrogen-bond donors (Lipinski definition) is 0. The minimum absolute atomic E-state index is 0.0615. The van der Waals surface area contributed by atoms with Gasteiger partial charge in [-0.1, -0.05) is 6.07 Å². The Hall–Kier alpha value is -1.95. The van der Waals surface area contributed by atoms with E-state index in [4.69, 9.17) is 9.47 Å². The summed E-state index contributed by atoms with van der Waals surface area (Å²) in [6.45, 7) is 0. The van der Waals surface area contributed by atoms with Gasteiger partial charge < -0.3 is 9.47 Å². The third-order valence-electron chi connectivity index (χ3n) is 2.79. The van der Waals surface area contributed by atoms with Gasteiger partial charge in [-0.3, -0.25) is 4.79 Å². The van der Waals surface area contributed by atoms with Crippen LogP contribution in [0.1, 0.15) is 28.2 Å². The van der Waals surface area contributed by atoms with Crippen LogP contribution in [0.4, 0.5) is 0 Å². The summed E-state index contributed by atoms with van der Waals surface area (Å²) < 4.78 is 10.0. The van der Waals surface area contributed by atoms with Crippen molar-refractivity contribution in [1.29, 1.82) is 0 Å². The lowest BCUT2D eigenvalue weighted by Gasteiger charge is -2.07. The Balaban J connectivity index is 1.98. The Labute approximate surface area is 121 Å². The lowest BCUT2D eigenvalue weighted by atomic mass is 10.1. The van der Waals surface area contributed by atoms with Gasteiger partial charge in [-0.25, -0.2) is 4.98 Å². The van der Waals surface area contributed by atoms with E-state index >= 15 is 0 Å². The van der Waals surface area contributed by atoms with E-state index in [-0.39, 0.29) is 17.4 Å². The van der Waals surface area contributed by atoms with Crippen LogP contribution in [0.3, 0.4) is 0 Å². The predicted molar refractivity (Wildman–Crippen MR) is 76.7 cm³/mol. The molecule has 0 amide bonds. The molecule has 0 aliphatic carbocycles. The summed E-state index contributed by atoms with van der Waals surface area (Å²) in [6.07, 6.45) is 3.54. The fourth-order valence-electron chi connectivity index (χ4n) is 1.79. The molecule has 20 heavy (non-hydrogen) atoms. The van der Waals surface area contributed by atoms with Crippen LogP contribution in [0.15, 0.2) is 23.7 Å². The van der Waals surface area contributed by atoms with Gasteiger partial charge in [0.1, 0.15) is 0 Å². The van der Waals surface area contributed by atoms with Gasteiger partial charge in [0.2, 0.25) is 11.8 Å². The molecule has 0 radical (unpaired) electrons. The fourth-order valence-corrected chi connectivity index (χ4v) is 2.54. The Bertz CT molecular complexity index is 570. The molecular formula is C14H16N2O3S. The van der Waals surface area contributed by atoms with Gasteiger partial charge in [0.15, 0.2) is 11.5 Å². The molecule has 0 aliphatic rings. The SMILES string of the molecule is COc1cnc(C(=O)CCCc2cccs2)c(OC)n1. The van der Waals surface area contributed by atoms with Gasteiger partial charge in [0, 0.05) is 11.3 Å². The molecule has 0 atom stereocenters. The highest BCUT2D eigenvalue weighted by atomic mass is 32.1. The molecule has 2 rings (SSSR count). The zero-order chi connectivity index (χ0) is 14.4. The molecular weight excluding hydrogens is 276 g/mol. The second-order valence-corrected chi connectivity index (χ2v) is 5.16. The number of ether oxygens (including phenoxy) is 2. The van der Waals surface area contributed by atoms with Crippen molar-refractivity contribution < 1.29 is 14.3 Å². The predicted octanol–water partition coefficient (Wildman–Crippen LogP) is 2.76. The van der Waals surface area contributed by atoms with E-state index in [0.29, 0.717) is 12.3 Å². The Morgan fingerprint density at radius 3 is 2.85 bits per heavy atom. The minimum Gasteiger partial charge on any atom is -0.480 e. The molecule has 0 aliphatic heterocycles. The van der Waals surface area contributed by atoms with E-state index in [1.165, 1.54) is 25.3 Å². The normalized spacial score (nSPS) is 10.3. The molecule has 0 aromatic carbocycles. The van der Waals surface area contributed by atoms with Crippen LogP contribution < -0.4 is 9.47 Å². The lowest BCUT2D eigenvalue weighted by molar-refractivity contribution is 0.0971. The van der Waals surface area contributed by atoms with E-state index in [1.54, 1.807) is 11.3 Å². The maximum atomic E-state index is 12.1.